The number of imide groups is 1. The summed E-state index contributed by atoms with van der Waals surface area (Å²) in [5.41, 5.74) is 0.646. The van der Waals surface area contributed by atoms with Gasteiger partial charge < -0.3 is 14.2 Å². The molecule has 1 aliphatic rings. The van der Waals surface area contributed by atoms with Gasteiger partial charge in [0.05, 0.1) is 22.6 Å². The molecule has 7 nitrogen and oxygen atoms in total. The van der Waals surface area contributed by atoms with Gasteiger partial charge in [0.2, 0.25) is 0 Å². The molecule has 162 valence electrons. The van der Waals surface area contributed by atoms with E-state index in [0.717, 1.165) is 29.5 Å². The largest absolute Gasteiger partial charge is 0.490 e. The first-order chi connectivity index (χ1) is 14.4. The van der Waals surface area contributed by atoms with E-state index in [0.29, 0.717) is 34.7 Å². The number of halogens is 1. The maximum absolute atomic E-state index is 12.6. The van der Waals surface area contributed by atoms with Crippen LogP contribution in [-0.4, -0.2) is 48.4 Å². The van der Waals surface area contributed by atoms with Crippen LogP contribution in [0.3, 0.4) is 0 Å². The monoisotopic (exact) mass is 497 g/mol. The van der Waals surface area contributed by atoms with E-state index >= 15 is 0 Å². The Labute approximate surface area is 188 Å². The van der Waals surface area contributed by atoms with E-state index in [9.17, 15) is 14.4 Å². The molecule has 0 bridgehead atoms. The summed E-state index contributed by atoms with van der Waals surface area (Å²) < 4.78 is 17.0. The van der Waals surface area contributed by atoms with E-state index in [1.807, 2.05) is 13.8 Å². The number of nitrogens with zero attached hydrogens (tertiary/aromatic N) is 1. The average molecular weight is 498 g/mol. The van der Waals surface area contributed by atoms with Gasteiger partial charge in [-0.05, 0) is 64.8 Å². The summed E-state index contributed by atoms with van der Waals surface area (Å²) in [5, 5.41) is -0.506. The maximum Gasteiger partial charge on any atom is 0.326 e. The highest BCUT2D eigenvalue weighted by molar-refractivity contribution is 9.10. The minimum Gasteiger partial charge on any atom is -0.490 e. The van der Waals surface area contributed by atoms with Gasteiger partial charge in [0.25, 0.3) is 11.1 Å². The van der Waals surface area contributed by atoms with Crippen LogP contribution in [0.15, 0.2) is 34.2 Å². The molecular formula is C21H24BrNO6S. The minimum absolute atomic E-state index is 0.218. The summed E-state index contributed by atoms with van der Waals surface area (Å²) in [6, 6.07) is 3.48. The third kappa shape index (κ3) is 6.37. The second-order valence-electron chi connectivity index (χ2n) is 6.20. The molecule has 0 saturated carbocycles. The smallest absolute Gasteiger partial charge is 0.326 e. The van der Waals surface area contributed by atoms with Crippen molar-refractivity contribution in [3.63, 3.8) is 0 Å². The molecule has 2 rings (SSSR count). The molecule has 0 aromatic heterocycles. The highest BCUT2D eigenvalue weighted by Gasteiger charge is 2.36. The number of hydrogen-bond acceptors (Lipinski definition) is 7. The van der Waals surface area contributed by atoms with Gasteiger partial charge in [0, 0.05) is 0 Å². The molecule has 0 spiro atoms. The number of carbonyl (C=O) groups is 3. The molecule has 0 radical (unpaired) electrons. The van der Waals surface area contributed by atoms with Crippen LogP contribution in [0.4, 0.5) is 4.79 Å². The molecule has 30 heavy (non-hydrogen) atoms. The number of benzene rings is 1. The fourth-order valence-corrected chi connectivity index (χ4v) is 3.92. The molecule has 1 heterocycles. The first-order valence-corrected chi connectivity index (χ1v) is 11.1. The Morgan fingerprint density at radius 1 is 1.27 bits per heavy atom. The van der Waals surface area contributed by atoms with Crippen molar-refractivity contribution in [3.05, 3.63) is 39.7 Å². The number of carbonyl (C=O) groups excluding carboxylic acids is 3. The van der Waals surface area contributed by atoms with Crippen molar-refractivity contribution in [1.29, 1.82) is 0 Å². The Hall–Kier alpha value is -2.26. The van der Waals surface area contributed by atoms with Gasteiger partial charge in [-0.2, -0.15) is 0 Å². The molecule has 0 aliphatic carbocycles. The van der Waals surface area contributed by atoms with E-state index in [1.165, 1.54) is 0 Å². The first kappa shape index (κ1) is 24.0. The second kappa shape index (κ2) is 11.8. The molecule has 1 aliphatic heterocycles. The van der Waals surface area contributed by atoms with Crippen LogP contribution in [0.25, 0.3) is 6.08 Å². The quantitative estimate of drug-likeness (QED) is 0.188. The number of rotatable bonds is 11. The average Bonchev–Trinajstić information content (AvgIpc) is 2.95. The highest BCUT2D eigenvalue weighted by Crippen LogP contribution is 2.39. The molecule has 0 N–H and O–H groups in total. The Kier molecular flexibility index (Phi) is 9.45. The number of thioether (sulfide) groups is 1. The fraction of sp³-hybridized carbons (Fsp3) is 0.381. The van der Waals surface area contributed by atoms with Gasteiger partial charge in [-0.3, -0.25) is 19.3 Å². The van der Waals surface area contributed by atoms with Crippen molar-refractivity contribution >= 4 is 50.9 Å². The van der Waals surface area contributed by atoms with E-state index in [1.54, 1.807) is 24.3 Å². The van der Waals surface area contributed by atoms with Crippen molar-refractivity contribution in [2.24, 2.45) is 0 Å². The third-order valence-electron chi connectivity index (χ3n) is 3.90. The lowest BCUT2D eigenvalue weighted by Gasteiger charge is -2.14. The van der Waals surface area contributed by atoms with Gasteiger partial charge in [-0.15, -0.1) is 0 Å². The van der Waals surface area contributed by atoms with Gasteiger partial charge in [-0.25, -0.2) is 0 Å². The topological polar surface area (TPSA) is 82.1 Å². The van der Waals surface area contributed by atoms with Crippen LogP contribution in [0, 0.1) is 0 Å². The molecule has 0 unspecified atom stereocenters. The van der Waals surface area contributed by atoms with Gasteiger partial charge in [0.15, 0.2) is 11.5 Å². The summed E-state index contributed by atoms with van der Waals surface area (Å²) in [4.78, 5) is 37.8. The van der Waals surface area contributed by atoms with Crippen LogP contribution in [0.5, 0.6) is 11.5 Å². The second-order valence-corrected chi connectivity index (χ2v) is 8.05. The van der Waals surface area contributed by atoms with Crippen molar-refractivity contribution in [3.8, 4) is 11.5 Å². The zero-order valence-electron chi connectivity index (χ0n) is 16.9. The van der Waals surface area contributed by atoms with E-state index in [-0.39, 0.29) is 11.5 Å². The third-order valence-corrected chi connectivity index (χ3v) is 5.39. The van der Waals surface area contributed by atoms with Gasteiger partial charge in [-0.1, -0.05) is 26.0 Å². The standard InChI is InChI=1S/C21H24BrNO6S/c1-4-7-9-28-18(24)13-23-20(25)17(30-21(23)26)12-14-10-15(22)19(29-8-5-2)16(11-14)27-6-3/h5,10-12H,2,4,6-9,13H2,1,3H3/b17-12+. The minimum atomic E-state index is -0.600. The molecule has 1 saturated heterocycles. The number of unbranched alkanes of at least 4 members (excludes halogenated alkanes) is 1. The lowest BCUT2D eigenvalue weighted by atomic mass is 10.2. The van der Waals surface area contributed by atoms with E-state index < -0.39 is 23.7 Å². The maximum atomic E-state index is 12.6. The molecule has 2 amide bonds. The molecule has 1 fully saturated rings. The molecule has 1 aromatic carbocycles. The molecular weight excluding hydrogens is 474 g/mol. The zero-order chi connectivity index (χ0) is 22.1. The van der Waals surface area contributed by atoms with Crippen LogP contribution in [0.2, 0.25) is 0 Å². The Morgan fingerprint density at radius 2 is 2.03 bits per heavy atom. The van der Waals surface area contributed by atoms with Crippen molar-refractivity contribution in [2.45, 2.75) is 26.7 Å². The summed E-state index contributed by atoms with van der Waals surface area (Å²) in [5.74, 6) is -0.105. The number of ether oxygens (including phenoxy) is 3. The molecule has 0 atom stereocenters. The van der Waals surface area contributed by atoms with Crippen LogP contribution < -0.4 is 9.47 Å². The van der Waals surface area contributed by atoms with Crippen LogP contribution >= 0.6 is 27.7 Å². The summed E-state index contributed by atoms with van der Waals surface area (Å²) in [6.07, 6.45) is 4.82. The fourth-order valence-electron chi connectivity index (χ4n) is 2.51. The number of amides is 2. The summed E-state index contributed by atoms with van der Waals surface area (Å²) in [6.45, 7) is 8.07. The zero-order valence-corrected chi connectivity index (χ0v) is 19.3. The lowest BCUT2D eigenvalue weighted by Crippen LogP contribution is -2.34. The number of esters is 1. The van der Waals surface area contributed by atoms with Crippen molar-refractivity contribution in [1.82, 2.24) is 4.90 Å². The van der Waals surface area contributed by atoms with Crippen molar-refractivity contribution in [2.75, 3.05) is 26.4 Å². The van der Waals surface area contributed by atoms with Crippen molar-refractivity contribution < 1.29 is 28.6 Å². The first-order valence-electron chi connectivity index (χ1n) is 9.52. The predicted octanol–water partition coefficient (Wildman–Crippen LogP) is 4.79. The molecule has 1 aromatic rings. The Balaban J connectivity index is 2.20. The van der Waals surface area contributed by atoms with Crippen LogP contribution in [0.1, 0.15) is 32.3 Å². The molecule has 9 heteroatoms. The van der Waals surface area contributed by atoms with Crippen LogP contribution in [-0.2, 0) is 14.3 Å². The Bertz CT molecular complexity index is 854. The SMILES string of the molecule is C=CCOc1c(Br)cc(/C=C2/SC(=O)N(CC(=O)OCCCC)C2=O)cc1OCC. The van der Waals surface area contributed by atoms with E-state index in [2.05, 4.69) is 22.5 Å². The number of hydrogen-bond donors (Lipinski definition) is 0. The summed E-state index contributed by atoms with van der Waals surface area (Å²) >= 11 is 4.23. The Morgan fingerprint density at radius 3 is 2.70 bits per heavy atom. The lowest BCUT2D eigenvalue weighted by molar-refractivity contribution is -0.146. The van der Waals surface area contributed by atoms with E-state index in [4.69, 9.17) is 14.2 Å². The summed E-state index contributed by atoms with van der Waals surface area (Å²) in [7, 11) is 0. The van der Waals surface area contributed by atoms with Gasteiger partial charge >= 0.3 is 5.97 Å². The highest BCUT2D eigenvalue weighted by atomic mass is 79.9. The van der Waals surface area contributed by atoms with Gasteiger partial charge in [0.1, 0.15) is 13.2 Å². The predicted molar refractivity (Wildman–Crippen MR) is 120 cm³/mol. The normalized spacial score (nSPS) is 14.9.